The average molecular weight is 769 g/mol. The van der Waals surface area contributed by atoms with Crippen LogP contribution in [0.15, 0.2) is 152 Å². The van der Waals surface area contributed by atoms with Gasteiger partial charge in [-0.25, -0.2) is 60.7 Å². The van der Waals surface area contributed by atoms with Crippen molar-refractivity contribution in [2.24, 2.45) is 0 Å². The van der Waals surface area contributed by atoms with Crippen molar-refractivity contribution in [3.8, 4) is 0 Å². The van der Waals surface area contributed by atoms with E-state index in [0.29, 0.717) is 5.92 Å². The van der Waals surface area contributed by atoms with Gasteiger partial charge in [-0.05, 0) is 26.4 Å². The van der Waals surface area contributed by atoms with Crippen molar-refractivity contribution >= 4 is 13.9 Å². The fraction of sp³-hybridized carbons (Fsp3) is 0.286. The normalized spacial score (nSPS) is 16.1. The van der Waals surface area contributed by atoms with Crippen LogP contribution in [-0.2, 0) is 69.2 Å². The van der Waals surface area contributed by atoms with Crippen LogP contribution >= 0.6 is 8.58 Å². The van der Waals surface area contributed by atoms with Gasteiger partial charge in [0.1, 0.15) is 0 Å². The molecule has 0 aromatic heterocycles. The van der Waals surface area contributed by atoms with Gasteiger partial charge in [-0.2, -0.15) is 83.4 Å². The van der Waals surface area contributed by atoms with Crippen molar-refractivity contribution in [2.75, 3.05) is 14.1 Å². The standard InChI is InChI=1S/C25H30P.3C5H5.C2H7N.3Fe/c1-3-19-11-9-15-22(19)24-16-7-8-18-25(24,26-21-13-5-6-14-21)23-17-10-12-20(23)4-2;3*1-2-4-5-3-1;1-3-2;;;/h5-6,9-15,17,24,26H,3-4,7-8,16,18H2,1-2H3;3*1-5H;3H,1-2H3;;;/q-7;3*-1;;;;. The van der Waals surface area contributed by atoms with E-state index in [-0.39, 0.29) is 56.4 Å². The molecule has 0 aliphatic heterocycles. The second-order valence-electron chi connectivity index (χ2n) is 11.1. The van der Waals surface area contributed by atoms with E-state index in [9.17, 15) is 0 Å². The maximum Gasteiger partial charge on any atom is 0 e. The number of nitrogens with one attached hydrogen (secondary N) is 1. The molecule has 0 spiro atoms. The summed E-state index contributed by atoms with van der Waals surface area (Å²) in [5.74, 6) is 0.655. The van der Waals surface area contributed by atoms with E-state index in [1.807, 2.05) is 105 Å². The Morgan fingerprint density at radius 3 is 1.70 bits per heavy atom. The van der Waals surface area contributed by atoms with Gasteiger partial charge in [0.05, 0.1) is 0 Å². The van der Waals surface area contributed by atoms with Crippen molar-refractivity contribution in [3.63, 3.8) is 0 Å². The molecular formula is C42H52Fe3NP-10. The molecule has 5 heteroatoms. The molecule has 6 aromatic carbocycles. The van der Waals surface area contributed by atoms with Crippen LogP contribution in [0, 0.1) is 0 Å². The van der Waals surface area contributed by atoms with Gasteiger partial charge in [-0.15, -0.1) is 5.56 Å². The molecule has 7 rings (SSSR count). The van der Waals surface area contributed by atoms with Crippen LogP contribution in [0.3, 0.4) is 0 Å². The minimum absolute atomic E-state index is 0. The summed E-state index contributed by atoms with van der Waals surface area (Å²) in [6.45, 7) is 4.62. The fourth-order valence-corrected chi connectivity index (χ4v) is 8.17. The zero-order valence-electron chi connectivity index (χ0n) is 28.3. The number of rotatable bonds is 6. The fourth-order valence-electron chi connectivity index (χ4n) is 6.14. The van der Waals surface area contributed by atoms with Crippen molar-refractivity contribution in [1.82, 2.24) is 5.32 Å². The van der Waals surface area contributed by atoms with Gasteiger partial charge in [0, 0.05) is 51.2 Å². The molecule has 1 aliphatic carbocycles. The molecule has 1 N–H and O–H groups in total. The number of hydrogen-bond donors (Lipinski definition) is 1. The molecule has 0 heterocycles. The van der Waals surface area contributed by atoms with Gasteiger partial charge in [-0.1, -0.05) is 51.1 Å². The van der Waals surface area contributed by atoms with Crippen LogP contribution in [0.25, 0.3) is 0 Å². The zero-order valence-corrected chi connectivity index (χ0v) is 32.6. The Morgan fingerprint density at radius 2 is 1.26 bits per heavy atom. The first kappa shape index (κ1) is 45.0. The van der Waals surface area contributed by atoms with Crippen LogP contribution in [0.1, 0.15) is 67.7 Å². The molecule has 0 radical (unpaired) electrons. The van der Waals surface area contributed by atoms with Crippen LogP contribution in [-0.4, -0.2) is 14.1 Å². The molecule has 264 valence electrons. The van der Waals surface area contributed by atoms with E-state index < -0.39 is 0 Å². The van der Waals surface area contributed by atoms with E-state index in [2.05, 4.69) is 79.8 Å². The van der Waals surface area contributed by atoms with E-state index in [0.717, 1.165) is 21.4 Å². The molecule has 3 unspecified atom stereocenters. The topological polar surface area (TPSA) is 12.0 Å². The van der Waals surface area contributed by atoms with Crippen LogP contribution < -0.4 is 10.6 Å². The molecule has 0 bridgehead atoms. The average Bonchev–Trinajstić information content (AvgIpc) is 3.92. The Labute approximate surface area is 319 Å². The monoisotopic (exact) mass is 769 g/mol. The largest absolute Gasteiger partial charge is 0.747 e. The number of hydrogen-bond acceptors (Lipinski definition) is 1. The second kappa shape index (κ2) is 26.9. The summed E-state index contributed by atoms with van der Waals surface area (Å²) < 4.78 is 0. The summed E-state index contributed by atoms with van der Waals surface area (Å²) in [6, 6.07) is 53.3. The summed E-state index contributed by atoms with van der Waals surface area (Å²) in [6.07, 6.45) is 7.68. The van der Waals surface area contributed by atoms with Crippen LogP contribution in [0.5, 0.6) is 0 Å². The molecule has 1 saturated carbocycles. The maximum atomic E-state index is 2.75. The van der Waals surface area contributed by atoms with Crippen LogP contribution in [0.2, 0.25) is 0 Å². The molecular weight excluding hydrogens is 717 g/mol. The third-order valence-electron chi connectivity index (χ3n) is 8.07. The second-order valence-corrected chi connectivity index (χ2v) is 12.9. The Balaban J connectivity index is 0.000000820. The molecule has 3 atom stereocenters. The molecule has 1 nitrogen and oxygen atoms in total. The van der Waals surface area contributed by atoms with E-state index in [1.165, 1.54) is 31.0 Å². The Bertz CT molecular complexity index is 1290. The summed E-state index contributed by atoms with van der Waals surface area (Å²) in [7, 11) is 4.61. The quantitative estimate of drug-likeness (QED) is 0.101. The maximum absolute atomic E-state index is 2.75. The molecule has 6 aromatic rings. The van der Waals surface area contributed by atoms with Gasteiger partial charge in [0.15, 0.2) is 0 Å². The van der Waals surface area contributed by atoms with Gasteiger partial charge in [-0.3, -0.25) is 0 Å². The molecule has 1 fully saturated rings. The first-order valence-corrected chi connectivity index (χ1v) is 17.3. The van der Waals surface area contributed by atoms with E-state index in [1.54, 1.807) is 22.3 Å². The summed E-state index contributed by atoms with van der Waals surface area (Å²) in [4.78, 5) is 0. The zero-order chi connectivity index (χ0) is 31.3. The first-order chi connectivity index (χ1) is 21.7. The Morgan fingerprint density at radius 1 is 0.745 bits per heavy atom. The summed E-state index contributed by atoms with van der Waals surface area (Å²) >= 11 is 0. The van der Waals surface area contributed by atoms with Crippen molar-refractivity contribution in [1.29, 1.82) is 0 Å². The third-order valence-corrected chi connectivity index (χ3v) is 10.0. The van der Waals surface area contributed by atoms with Crippen molar-refractivity contribution < 1.29 is 51.2 Å². The van der Waals surface area contributed by atoms with Gasteiger partial charge in [0.25, 0.3) is 0 Å². The van der Waals surface area contributed by atoms with Crippen molar-refractivity contribution in [3.05, 3.63) is 174 Å². The predicted molar refractivity (Wildman–Crippen MR) is 197 cm³/mol. The van der Waals surface area contributed by atoms with E-state index in [4.69, 9.17) is 0 Å². The Kier molecular flexibility index (Phi) is 25.8. The Hall–Kier alpha value is -1.95. The summed E-state index contributed by atoms with van der Waals surface area (Å²) in [5, 5.41) is 4.56. The summed E-state index contributed by atoms with van der Waals surface area (Å²) in [5.41, 5.74) is 6.42. The van der Waals surface area contributed by atoms with E-state index >= 15 is 0 Å². The van der Waals surface area contributed by atoms with Gasteiger partial charge < -0.3 is 43.5 Å². The van der Waals surface area contributed by atoms with Crippen molar-refractivity contribution in [2.45, 2.75) is 63.4 Å². The minimum Gasteiger partial charge on any atom is -0.747 e. The SMILES string of the molecule is CCc1ccc[c-]1C1(P[c-]2[cH-][cH-][cH-][cH-]2)CCCCC1c1ccc[c-]1CC.CNC.[Fe].[Fe].[Fe].c1cc[cH-]c1.c1cc[cH-]c1.c1cc[cH-]c1. The van der Waals surface area contributed by atoms with Gasteiger partial charge >= 0.3 is 0 Å². The predicted octanol–water partition coefficient (Wildman–Crippen LogP) is 10.6. The minimum atomic E-state index is 0. The molecule has 1 aliphatic rings. The first-order valence-electron chi connectivity index (χ1n) is 16.3. The van der Waals surface area contributed by atoms with Gasteiger partial charge in [0.2, 0.25) is 0 Å². The molecule has 0 amide bonds. The molecule has 0 saturated heterocycles. The molecule has 47 heavy (non-hydrogen) atoms. The number of aryl methyl sites for hydroxylation is 2. The smallest absolute Gasteiger partial charge is 0 e. The third kappa shape index (κ3) is 14.6. The van der Waals surface area contributed by atoms with Crippen LogP contribution in [0.4, 0.5) is 0 Å².